The molecule has 0 aromatic carbocycles. The number of hydrogen-bond acceptors (Lipinski definition) is 4. The van der Waals surface area contributed by atoms with Crippen LogP contribution < -0.4 is 0 Å². The van der Waals surface area contributed by atoms with Crippen molar-refractivity contribution in [1.82, 2.24) is 0 Å². The largest absolute Gasteiger partial charge is 0.474 e. The molecule has 0 amide bonds. The van der Waals surface area contributed by atoms with Gasteiger partial charge in [0.1, 0.15) is 13.2 Å². The van der Waals surface area contributed by atoms with Crippen molar-refractivity contribution in [3.63, 3.8) is 0 Å². The van der Waals surface area contributed by atoms with Crippen molar-refractivity contribution in [2.45, 2.75) is 194 Å². The monoisotopic (exact) mass is 685 g/mol. The van der Waals surface area contributed by atoms with Crippen molar-refractivity contribution >= 4 is 7.82 Å². The zero-order valence-corrected chi connectivity index (χ0v) is 33.4. The third kappa shape index (κ3) is 38.2. The Morgan fingerprint density at radius 1 is 0.404 bits per heavy atom. The molecule has 0 saturated heterocycles. The summed E-state index contributed by atoms with van der Waals surface area (Å²) in [6.45, 7) is 6.58. The Kier molecular flexibility index (Phi) is 35.0. The molecule has 0 N–H and O–H groups in total. The lowest BCUT2D eigenvalue weighted by molar-refractivity contribution is -0.870. The molecule has 0 atom stereocenters. The lowest BCUT2D eigenvalue weighted by Crippen LogP contribution is -2.37. The van der Waals surface area contributed by atoms with E-state index in [0.717, 1.165) is 36.7 Å². The van der Waals surface area contributed by atoms with E-state index in [1.54, 1.807) is 0 Å². The van der Waals surface area contributed by atoms with Crippen LogP contribution in [0, 0.1) is 0 Å². The van der Waals surface area contributed by atoms with Crippen LogP contribution in [0.15, 0.2) is 24.3 Å². The van der Waals surface area contributed by atoms with Crippen LogP contribution in [0.5, 0.6) is 0 Å². The molecular formula is C41H83NO4P+. The highest BCUT2D eigenvalue weighted by atomic mass is 31.2. The van der Waals surface area contributed by atoms with Crippen LogP contribution in [0.3, 0.4) is 0 Å². The van der Waals surface area contributed by atoms with Crippen LogP contribution in [0.25, 0.3) is 0 Å². The van der Waals surface area contributed by atoms with Gasteiger partial charge in [0.05, 0.1) is 34.4 Å². The normalized spacial score (nSPS) is 13.7. The molecule has 0 bridgehead atoms. The summed E-state index contributed by atoms with van der Waals surface area (Å²) >= 11 is 0. The van der Waals surface area contributed by atoms with Gasteiger partial charge in [0.2, 0.25) is 0 Å². The third-order valence-corrected chi connectivity index (χ3v) is 10.3. The van der Waals surface area contributed by atoms with E-state index in [0.29, 0.717) is 19.8 Å². The van der Waals surface area contributed by atoms with Gasteiger partial charge in [0.25, 0.3) is 0 Å². The van der Waals surface area contributed by atoms with Crippen molar-refractivity contribution < 1.29 is 22.6 Å². The van der Waals surface area contributed by atoms with Crippen LogP contribution in [0.1, 0.15) is 194 Å². The maximum atomic E-state index is 13.3. The van der Waals surface area contributed by atoms with Gasteiger partial charge in [-0.15, -0.1) is 0 Å². The van der Waals surface area contributed by atoms with Gasteiger partial charge in [-0.1, -0.05) is 154 Å². The van der Waals surface area contributed by atoms with Crippen LogP contribution >= 0.6 is 7.82 Å². The Morgan fingerprint density at radius 2 is 0.681 bits per heavy atom. The predicted octanol–water partition coefficient (Wildman–Crippen LogP) is 13.9. The summed E-state index contributed by atoms with van der Waals surface area (Å²) in [5.74, 6) is 0. The number of phosphoric ester groups is 1. The Hall–Kier alpha value is -0.450. The highest BCUT2D eigenvalue weighted by Crippen LogP contribution is 2.49. The van der Waals surface area contributed by atoms with Gasteiger partial charge in [-0.05, 0) is 64.2 Å². The second kappa shape index (κ2) is 35.4. The van der Waals surface area contributed by atoms with E-state index < -0.39 is 7.82 Å². The summed E-state index contributed by atoms with van der Waals surface area (Å²) in [6.07, 6.45) is 45.0. The molecule has 0 heterocycles. The molecule has 0 fully saturated rings. The first-order valence-electron chi connectivity index (χ1n) is 20.5. The predicted molar refractivity (Wildman–Crippen MR) is 207 cm³/mol. The van der Waals surface area contributed by atoms with Crippen LogP contribution in [-0.4, -0.2) is 52.0 Å². The fraction of sp³-hybridized carbons (Fsp3) is 0.902. The standard InChI is InChI=1S/C41H83NO4P/c1-6-8-10-12-14-16-18-20-22-24-26-28-30-32-34-36-39-44-47(43,46-41-38-42(3,4)5)45-40-37-35-33-31-29-27-25-23-21-19-17-15-13-11-9-7-2/h20-23H,6-19,24-41H2,1-5H3/q+1. The smallest absolute Gasteiger partial charge is 0.329 e. The maximum absolute atomic E-state index is 13.3. The minimum atomic E-state index is -3.51. The molecule has 0 aliphatic rings. The number of quaternary nitrogens is 1. The van der Waals surface area contributed by atoms with E-state index in [1.807, 2.05) is 0 Å². The van der Waals surface area contributed by atoms with Gasteiger partial charge >= 0.3 is 7.82 Å². The number of likely N-dealkylation sites (N-methyl/N-ethyl adjacent to an activating group) is 1. The number of unbranched alkanes of at least 4 members (excludes halogenated alkanes) is 24. The van der Waals surface area contributed by atoms with E-state index in [2.05, 4.69) is 59.3 Å². The van der Waals surface area contributed by atoms with Crippen molar-refractivity contribution in [3.8, 4) is 0 Å². The molecule has 47 heavy (non-hydrogen) atoms. The molecule has 0 saturated carbocycles. The highest BCUT2D eigenvalue weighted by molar-refractivity contribution is 7.48. The molecule has 0 rings (SSSR count). The SMILES string of the molecule is CCCCCCCCC=CCCCCCCCCOP(=O)(OCCCCCCCCC=CCCCCCCCC)OCC[N+](C)(C)C. The van der Waals surface area contributed by atoms with Gasteiger partial charge < -0.3 is 4.48 Å². The second-order valence-corrected chi connectivity index (χ2v) is 16.5. The number of phosphoric acid groups is 1. The second-order valence-electron chi connectivity index (χ2n) is 14.8. The lowest BCUT2D eigenvalue weighted by Gasteiger charge is -2.25. The van der Waals surface area contributed by atoms with Gasteiger partial charge in [-0.2, -0.15) is 0 Å². The summed E-state index contributed by atoms with van der Waals surface area (Å²) in [5, 5.41) is 0. The van der Waals surface area contributed by atoms with Crippen LogP contribution in [-0.2, 0) is 18.1 Å². The topological polar surface area (TPSA) is 44.8 Å². The summed E-state index contributed by atoms with van der Waals surface area (Å²) in [7, 11) is 2.81. The molecule has 0 aliphatic carbocycles. The Labute approximate surface area is 295 Å². The van der Waals surface area contributed by atoms with E-state index in [-0.39, 0.29) is 0 Å². The van der Waals surface area contributed by atoms with E-state index in [1.165, 1.54) is 154 Å². The quantitative estimate of drug-likeness (QED) is 0.0281. The average Bonchev–Trinajstić information content (AvgIpc) is 3.03. The van der Waals surface area contributed by atoms with Crippen LogP contribution in [0.4, 0.5) is 0 Å². The van der Waals surface area contributed by atoms with Gasteiger partial charge in [-0.25, -0.2) is 4.57 Å². The molecule has 0 aliphatic heterocycles. The van der Waals surface area contributed by atoms with Crippen molar-refractivity contribution in [2.24, 2.45) is 0 Å². The first-order chi connectivity index (χ1) is 22.8. The van der Waals surface area contributed by atoms with Gasteiger partial charge in [0.15, 0.2) is 0 Å². The molecule has 0 unspecified atom stereocenters. The fourth-order valence-corrected chi connectivity index (χ4v) is 6.82. The first kappa shape index (κ1) is 46.5. The van der Waals surface area contributed by atoms with E-state index in [4.69, 9.17) is 13.6 Å². The zero-order chi connectivity index (χ0) is 34.6. The molecule has 6 heteroatoms. The van der Waals surface area contributed by atoms with Gasteiger partial charge in [0, 0.05) is 0 Å². The minimum absolute atomic E-state index is 0.377. The Morgan fingerprint density at radius 3 is 1.00 bits per heavy atom. The molecule has 5 nitrogen and oxygen atoms in total. The number of hydrogen-bond donors (Lipinski definition) is 0. The molecular weight excluding hydrogens is 601 g/mol. The maximum Gasteiger partial charge on any atom is 0.474 e. The van der Waals surface area contributed by atoms with E-state index in [9.17, 15) is 4.57 Å². The molecule has 0 aromatic heterocycles. The fourth-order valence-electron chi connectivity index (χ4n) is 5.59. The van der Waals surface area contributed by atoms with Crippen molar-refractivity contribution in [2.75, 3.05) is 47.5 Å². The summed E-state index contributed by atoms with van der Waals surface area (Å²) in [6, 6.07) is 0. The summed E-state index contributed by atoms with van der Waals surface area (Å²) in [5.41, 5.74) is 0. The summed E-state index contributed by atoms with van der Waals surface area (Å²) in [4.78, 5) is 0. The number of rotatable bonds is 38. The minimum Gasteiger partial charge on any atom is -0.329 e. The number of nitrogens with zero attached hydrogens (tertiary/aromatic N) is 1. The van der Waals surface area contributed by atoms with Gasteiger partial charge in [-0.3, -0.25) is 13.6 Å². The molecule has 0 spiro atoms. The van der Waals surface area contributed by atoms with Crippen molar-refractivity contribution in [3.05, 3.63) is 24.3 Å². The highest BCUT2D eigenvalue weighted by Gasteiger charge is 2.27. The molecule has 0 radical (unpaired) electrons. The molecule has 0 aromatic rings. The third-order valence-electron chi connectivity index (χ3n) is 8.82. The molecule has 280 valence electrons. The summed E-state index contributed by atoms with van der Waals surface area (Å²) < 4.78 is 31.4. The first-order valence-corrected chi connectivity index (χ1v) is 21.9. The Balaban J connectivity index is 3.91. The lowest BCUT2D eigenvalue weighted by atomic mass is 10.1. The van der Waals surface area contributed by atoms with Crippen LogP contribution in [0.2, 0.25) is 0 Å². The van der Waals surface area contributed by atoms with E-state index >= 15 is 0 Å². The number of allylic oxidation sites excluding steroid dienone is 4. The average molecular weight is 685 g/mol. The Bertz CT molecular complexity index is 685. The zero-order valence-electron chi connectivity index (χ0n) is 32.5. The van der Waals surface area contributed by atoms with Crippen molar-refractivity contribution in [1.29, 1.82) is 0 Å².